The van der Waals surface area contributed by atoms with Crippen molar-refractivity contribution < 1.29 is 14.3 Å². The Balaban J connectivity index is 1.85. The van der Waals surface area contributed by atoms with Gasteiger partial charge in [0.25, 0.3) is 0 Å². The van der Waals surface area contributed by atoms with Gasteiger partial charge in [-0.25, -0.2) is 9.18 Å². The average Bonchev–Trinajstić information content (AvgIpc) is 2.46. The molecule has 0 atom stereocenters. The molecular formula is C15H15FN2O2. The fraction of sp³-hybridized carbons (Fsp3) is 0.133. The number of hydrogen-bond acceptors (Lipinski definition) is 2. The summed E-state index contributed by atoms with van der Waals surface area (Å²) in [5.41, 5.74) is 2.13. The molecule has 2 amide bonds. The number of aliphatic hydroxyl groups is 1. The molecule has 2 aromatic rings. The molecule has 0 saturated heterocycles. The van der Waals surface area contributed by atoms with Gasteiger partial charge in [0, 0.05) is 12.2 Å². The van der Waals surface area contributed by atoms with Gasteiger partial charge < -0.3 is 15.7 Å². The molecule has 0 spiro atoms. The maximum absolute atomic E-state index is 12.9. The molecule has 104 valence electrons. The highest BCUT2D eigenvalue weighted by molar-refractivity contribution is 5.89. The second kappa shape index (κ2) is 6.68. The maximum Gasteiger partial charge on any atom is 0.319 e. The third-order valence-corrected chi connectivity index (χ3v) is 2.74. The first-order valence-corrected chi connectivity index (χ1v) is 6.16. The minimum absolute atomic E-state index is 0.00618. The molecule has 0 heterocycles. The summed E-state index contributed by atoms with van der Waals surface area (Å²) < 4.78 is 12.9. The molecule has 3 N–H and O–H groups in total. The van der Waals surface area contributed by atoms with Crippen LogP contribution in [0, 0.1) is 5.82 Å². The molecule has 0 aliphatic heterocycles. The van der Waals surface area contributed by atoms with Crippen molar-refractivity contribution in [2.45, 2.75) is 13.2 Å². The molecule has 2 aromatic carbocycles. The largest absolute Gasteiger partial charge is 0.392 e. The van der Waals surface area contributed by atoms with Crippen molar-refractivity contribution in [3.8, 4) is 0 Å². The smallest absolute Gasteiger partial charge is 0.319 e. The molecule has 0 aliphatic carbocycles. The van der Waals surface area contributed by atoms with Crippen LogP contribution >= 0.6 is 0 Å². The van der Waals surface area contributed by atoms with E-state index in [1.165, 1.54) is 18.2 Å². The highest BCUT2D eigenvalue weighted by atomic mass is 19.1. The van der Waals surface area contributed by atoms with E-state index in [2.05, 4.69) is 10.6 Å². The summed E-state index contributed by atoms with van der Waals surface area (Å²) in [6.07, 6.45) is 0. The van der Waals surface area contributed by atoms with Crippen molar-refractivity contribution in [3.05, 3.63) is 65.5 Å². The molecule has 0 unspecified atom stereocenters. The van der Waals surface area contributed by atoms with Gasteiger partial charge in [-0.2, -0.15) is 0 Å². The van der Waals surface area contributed by atoms with Crippen LogP contribution in [0.4, 0.5) is 14.9 Å². The van der Waals surface area contributed by atoms with Crippen LogP contribution in [0.3, 0.4) is 0 Å². The lowest BCUT2D eigenvalue weighted by Gasteiger charge is -2.08. The second-order valence-corrected chi connectivity index (χ2v) is 4.29. The number of aliphatic hydroxyl groups excluding tert-OH is 1. The normalized spacial score (nSPS) is 10.1. The maximum atomic E-state index is 12.9. The van der Waals surface area contributed by atoms with Crippen LogP contribution in [0.15, 0.2) is 48.5 Å². The Kier molecular flexibility index (Phi) is 4.68. The van der Waals surface area contributed by atoms with Crippen LogP contribution in [0.2, 0.25) is 0 Å². The van der Waals surface area contributed by atoms with E-state index in [9.17, 15) is 9.18 Å². The Hall–Kier alpha value is -2.40. The molecular weight excluding hydrogens is 259 g/mol. The van der Waals surface area contributed by atoms with E-state index in [1.807, 2.05) is 12.1 Å². The summed E-state index contributed by atoms with van der Waals surface area (Å²) in [5.74, 6) is -0.401. The number of hydrogen-bond donors (Lipinski definition) is 3. The van der Waals surface area contributed by atoms with Gasteiger partial charge in [-0.05, 0) is 29.3 Å². The number of rotatable bonds is 4. The number of anilines is 1. The predicted molar refractivity (Wildman–Crippen MR) is 74.6 cm³/mol. The number of amides is 2. The summed E-state index contributed by atoms with van der Waals surface area (Å²) in [4.78, 5) is 11.6. The number of carbonyl (C=O) groups is 1. The quantitative estimate of drug-likeness (QED) is 0.802. The Morgan fingerprint density at radius 2 is 1.80 bits per heavy atom. The molecule has 0 radical (unpaired) electrons. The zero-order chi connectivity index (χ0) is 14.4. The third-order valence-electron chi connectivity index (χ3n) is 2.74. The summed E-state index contributed by atoms with van der Waals surface area (Å²) in [7, 11) is 0. The van der Waals surface area contributed by atoms with Gasteiger partial charge in [-0.3, -0.25) is 0 Å². The van der Waals surface area contributed by atoms with E-state index in [1.54, 1.807) is 18.2 Å². The summed E-state index contributed by atoms with van der Waals surface area (Å²) in [6, 6.07) is 12.5. The minimum atomic E-state index is -0.401. The number of carbonyl (C=O) groups excluding carboxylic acids is 1. The highest BCUT2D eigenvalue weighted by Gasteiger charge is 2.02. The van der Waals surface area contributed by atoms with Gasteiger partial charge in [-0.1, -0.05) is 30.3 Å². The Morgan fingerprint density at radius 1 is 1.10 bits per heavy atom. The van der Waals surface area contributed by atoms with Crippen molar-refractivity contribution in [1.82, 2.24) is 5.32 Å². The van der Waals surface area contributed by atoms with Crippen molar-refractivity contribution in [3.63, 3.8) is 0 Å². The van der Waals surface area contributed by atoms with Crippen molar-refractivity contribution >= 4 is 11.7 Å². The van der Waals surface area contributed by atoms with E-state index in [4.69, 9.17) is 5.11 Å². The lowest BCUT2D eigenvalue weighted by Crippen LogP contribution is -2.28. The Labute approximate surface area is 116 Å². The van der Waals surface area contributed by atoms with Crippen LogP contribution in [-0.4, -0.2) is 11.1 Å². The molecule has 0 bridgehead atoms. The fourth-order valence-corrected chi connectivity index (χ4v) is 1.69. The number of nitrogens with one attached hydrogen (secondary N) is 2. The van der Waals surface area contributed by atoms with Gasteiger partial charge in [0.15, 0.2) is 0 Å². The molecule has 0 aromatic heterocycles. The minimum Gasteiger partial charge on any atom is -0.392 e. The fourth-order valence-electron chi connectivity index (χ4n) is 1.69. The van der Waals surface area contributed by atoms with Gasteiger partial charge in [-0.15, -0.1) is 0 Å². The van der Waals surface area contributed by atoms with Crippen molar-refractivity contribution in [1.29, 1.82) is 0 Å². The van der Waals surface area contributed by atoms with Crippen LogP contribution in [0.1, 0.15) is 11.1 Å². The molecule has 0 saturated carbocycles. The Morgan fingerprint density at radius 3 is 2.45 bits per heavy atom. The lowest BCUT2D eigenvalue weighted by atomic mass is 10.1. The van der Waals surface area contributed by atoms with Crippen LogP contribution in [0.5, 0.6) is 0 Å². The first-order valence-electron chi connectivity index (χ1n) is 6.16. The van der Waals surface area contributed by atoms with Gasteiger partial charge in [0.1, 0.15) is 5.82 Å². The standard InChI is InChI=1S/C15H15FN2O2/c16-13-2-1-3-14(8-13)18-15(20)17-9-11-4-6-12(10-19)7-5-11/h1-8,19H,9-10H2,(H2,17,18,20). The van der Waals surface area contributed by atoms with E-state index in [0.29, 0.717) is 12.2 Å². The topological polar surface area (TPSA) is 61.4 Å². The number of benzene rings is 2. The van der Waals surface area contributed by atoms with Crippen molar-refractivity contribution in [2.75, 3.05) is 5.32 Å². The van der Waals surface area contributed by atoms with Crippen molar-refractivity contribution in [2.24, 2.45) is 0 Å². The summed E-state index contributed by atoms with van der Waals surface area (Å²) >= 11 is 0. The molecule has 0 aliphatic rings. The summed E-state index contributed by atoms with van der Waals surface area (Å²) in [5, 5.41) is 14.1. The molecule has 0 fully saturated rings. The molecule has 5 heteroatoms. The monoisotopic (exact) mass is 274 g/mol. The van der Waals surface area contributed by atoms with E-state index in [0.717, 1.165) is 11.1 Å². The predicted octanol–water partition coefficient (Wildman–Crippen LogP) is 2.64. The SMILES string of the molecule is O=C(NCc1ccc(CO)cc1)Nc1cccc(F)c1. The van der Waals surface area contributed by atoms with E-state index in [-0.39, 0.29) is 6.61 Å². The third kappa shape index (κ3) is 4.07. The lowest BCUT2D eigenvalue weighted by molar-refractivity contribution is 0.251. The number of urea groups is 1. The first-order chi connectivity index (χ1) is 9.67. The molecule has 20 heavy (non-hydrogen) atoms. The zero-order valence-corrected chi connectivity index (χ0v) is 10.8. The highest BCUT2D eigenvalue weighted by Crippen LogP contribution is 2.09. The second-order valence-electron chi connectivity index (χ2n) is 4.29. The van der Waals surface area contributed by atoms with Crippen LogP contribution in [-0.2, 0) is 13.2 Å². The van der Waals surface area contributed by atoms with Gasteiger partial charge in [0.05, 0.1) is 6.61 Å². The average molecular weight is 274 g/mol. The van der Waals surface area contributed by atoms with Crippen LogP contribution in [0.25, 0.3) is 0 Å². The Bertz CT molecular complexity index is 585. The first kappa shape index (κ1) is 14.0. The molecule has 2 rings (SSSR count). The van der Waals surface area contributed by atoms with Gasteiger partial charge in [0.2, 0.25) is 0 Å². The number of halogens is 1. The van der Waals surface area contributed by atoms with Crippen LogP contribution < -0.4 is 10.6 Å². The van der Waals surface area contributed by atoms with E-state index >= 15 is 0 Å². The molecule has 4 nitrogen and oxygen atoms in total. The van der Waals surface area contributed by atoms with E-state index < -0.39 is 11.8 Å². The zero-order valence-electron chi connectivity index (χ0n) is 10.8. The summed E-state index contributed by atoms with van der Waals surface area (Å²) in [6.45, 7) is 0.348. The van der Waals surface area contributed by atoms with Gasteiger partial charge >= 0.3 is 6.03 Å².